The molecule has 0 saturated carbocycles. The summed E-state index contributed by atoms with van der Waals surface area (Å²) in [6.07, 6.45) is 5.26. The third-order valence-electron chi connectivity index (χ3n) is 5.80. The van der Waals surface area contributed by atoms with E-state index in [9.17, 15) is 0 Å². The van der Waals surface area contributed by atoms with E-state index in [2.05, 4.69) is 49.8 Å². The highest BCUT2D eigenvalue weighted by atomic mass is 35.5. The number of hydrogen-bond donors (Lipinski definition) is 0. The molecule has 5 nitrogen and oxygen atoms in total. The van der Waals surface area contributed by atoms with Crippen LogP contribution in [0, 0.1) is 0 Å². The molecule has 144 valence electrons. The third kappa shape index (κ3) is 3.40. The maximum absolute atomic E-state index is 5.96. The van der Waals surface area contributed by atoms with Crippen LogP contribution in [0.5, 0.6) is 0 Å². The number of aromatic nitrogens is 3. The Labute approximate surface area is 170 Å². The van der Waals surface area contributed by atoms with Crippen LogP contribution in [0.2, 0.25) is 5.02 Å². The minimum atomic E-state index is 0.685. The zero-order valence-electron chi connectivity index (χ0n) is 15.9. The first-order valence-electron chi connectivity index (χ1n) is 10.0. The van der Waals surface area contributed by atoms with Crippen LogP contribution in [-0.4, -0.2) is 45.8 Å². The van der Waals surface area contributed by atoms with E-state index in [1.54, 1.807) is 6.20 Å². The molecule has 0 bridgehead atoms. The Morgan fingerprint density at radius 1 is 0.929 bits per heavy atom. The van der Waals surface area contributed by atoms with Crippen molar-refractivity contribution >= 4 is 17.4 Å². The topological polar surface area (TPSA) is 37.2 Å². The molecule has 0 atom stereocenters. The number of anilines is 1. The molecular formula is C22H24ClN5. The van der Waals surface area contributed by atoms with Gasteiger partial charge in [0, 0.05) is 44.6 Å². The van der Waals surface area contributed by atoms with E-state index in [1.807, 2.05) is 12.1 Å². The molecule has 1 fully saturated rings. The molecule has 0 N–H and O–H groups in total. The molecule has 3 heterocycles. The number of halogens is 1. The number of para-hydroxylation sites is 1. The molecule has 0 spiro atoms. The SMILES string of the molecule is Clc1ccc(N2CCN(Cc3nn(-c4ccccc4)c4c3CCC4)CC2)nc1. The molecule has 2 aromatic heterocycles. The molecule has 1 saturated heterocycles. The quantitative estimate of drug-likeness (QED) is 0.676. The molecule has 0 radical (unpaired) electrons. The van der Waals surface area contributed by atoms with Crippen LogP contribution in [-0.2, 0) is 19.4 Å². The van der Waals surface area contributed by atoms with Crippen LogP contribution in [0.4, 0.5) is 5.82 Å². The number of fused-ring (bicyclic) bond motifs is 1. The fraction of sp³-hybridized carbons (Fsp3) is 0.364. The van der Waals surface area contributed by atoms with Gasteiger partial charge < -0.3 is 4.90 Å². The number of piperazine rings is 1. The van der Waals surface area contributed by atoms with E-state index >= 15 is 0 Å². The summed E-state index contributed by atoms with van der Waals surface area (Å²) in [5, 5.41) is 5.70. The van der Waals surface area contributed by atoms with E-state index in [4.69, 9.17) is 16.7 Å². The van der Waals surface area contributed by atoms with Crippen molar-refractivity contribution in [3.63, 3.8) is 0 Å². The second-order valence-electron chi connectivity index (χ2n) is 7.57. The Kier molecular flexibility index (Phi) is 4.79. The van der Waals surface area contributed by atoms with Crippen molar-refractivity contribution < 1.29 is 0 Å². The summed E-state index contributed by atoms with van der Waals surface area (Å²) < 4.78 is 2.17. The molecule has 1 aliphatic heterocycles. The van der Waals surface area contributed by atoms with Crippen LogP contribution >= 0.6 is 11.6 Å². The Bertz CT molecular complexity index is 943. The predicted octanol–water partition coefficient (Wildman–Crippen LogP) is 3.73. The lowest BCUT2D eigenvalue weighted by molar-refractivity contribution is 0.245. The largest absolute Gasteiger partial charge is 0.354 e. The molecule has 6 heteroatoms. The molecular weight excluding hydrogens is 370 g/mol. The fourth-order valence-corrected chi connectivity index (χ4v) is 4.44. The Morgan fingerprint density at radius 2 is 1.75 bits per heavy atom. The van der Waals surface area contributed by atoms with Gasteiger partial charge in [-0.1, -0.05) is 29.8 Å². The van der Waals surface area contributed by atoms with Crippen molar-refractivity contribution in [3.8, 4) is 5.69 Å². The second-order valence-corrected chi connectivity index (χ2v) is 8.01. The average Bonchev–Trinajstić information content (AvgIpc) is 3.34. The normalized spacial score (nSPS) is 17.1. The first-order chi connectivity index (χ1) is 13.8. The van der Waals surface area contributed by atoms with Gasteiger partial charge in [0.05, 0.1) is 16.4 Å². The van der Waals surface area contributed by atoms with Crippen LogP contribution in [0.15, 0.2) is 48.7 Å². The number of nitrogens with zero attached hydrogens (tertiary/aromatic N) is 5. The van der Waals surface area contributed by atoms with Crippen molar-refractivity contribution in [1.29, 1.82) is 0 Å². The number of benzene rings is 1. The van der Waals surface area contributed by atoms with Gasteiger partial charge in [-0.2, -0.15) is 5.10 Å². The molecule has 3 aromatic rings. The van der Waals surface area contributed by atoms with Crippen LogP contribution < -0.4 is 4.90 Å². The smallest absolute Gasteiger partial charge is 0.128 e. The average molecular weight is 394 g/mol. The van der Waals surface area contributed by atoms with Gasteiger partial charge in [0.15, 0.2) is 0 Å². The third-order valence-corrected chi connectivity index (χ3v) is 6.02. The Hall–Kier alpha value is -2.37. The summed E-state index contributed by atoms with van der Waals surface area (Å²) >= 11 is 5.96. The zero-order valence-corrected chi connectivity index (χ0v) is 16.6. The summed E-state index contributed by atoms with van der Waals surface area (Å²) in [5.74, 6) is 1.01. The summed E-state index contributed by atoms with van der Waals surface area (Å²) in [4.78, 5) is 9.30. The van der Waals surface area contributed by atoms with Gasteiger partial charge in [0.1, 0.15) is 5.82 Å². The second kappa shape index (κ2) is 7.57. The first-order valence-corrected chi connectivity index (χ1v) is 10.4. The van der Waals surface area contributed by atoms with E-state index in [-0.39, 0.29) is 0 Å². The van der Waals surface area contributed by atoms with Crippen molar-refractivity contribution in [2.24, 2.45) is 0 Å². The maximum Gasteiger partial charge on any atom is 0.128 e. The lowest BCUT2D eigenvalue weighted by Gasteiger charge is -2.35. The van der Waals surface area contributed by atoms with E-state index < -0.39 is 0 Å². The highest BCUT2D eigenvalue weighted by Gasteiger charge is 2.26. The fourth-order valence-electron chi connectivity index (χ4n) is 4.33. The Balaban J connectivity index is 1.29. The number of pyridine rings is 1. The van der Waals surface area contributed by atoms with Crippen LogP contribution in [0.3, 0.4) is 0 Å². The number of rotatable bonds is 4. The lowest BCUT2D eigenvalue weighted by Crippen LogP contribution is -2.46. The Morgan fingerprint density at radius 3 is 2.50 bits per heavy atom. The number of hydrogen-bond acceptors (Lipinski definition) is 4. The molecule has 28 heavy (non-hydrogen) atoms. The highest BCUT2D eigenvalue weighted by Crippen LogP contribution is 2.29. The maximum atomic E-state index is 5.96. The molecule has 0 unspecified atom stereocenters. The van der Waals surface area contributed by atoms with Gasteiger partial charge in [0.25, 0.3) is 0 Å². The molecule has 0 amide bonds. The van der Waals surface area contributed by atoms with Gasteiger partial charge in [-0.25, -0.2) is 9.67 Å². The van der Waals surface area contributed by atoms with Gasteiger partial charge in [-0.3, -0.25) is 4.90 Å². The van der Waals surface area contributed by atoms with E-state index in [0.717, 1.165) is 51.4 Å². The van der Waals surface area contributed by atoms with E-state index in [0.29, 0.717) is 5.02 Å². The highest BCUT2D eigenvalue weighted by molar-refractivity contribution is 6.30. The summed E-state index contributed by atoms with van der Waals surface area (Å²) in [5.41, 5.74) is 5.32. The van der Waals surface area contributed by atoms with E-state index in [1.165, 1.54) is 29.1 Å². The van der Waals surface area contributed by atoms with Gasteiger partial charge in [0.2, 0.25) is 0 Å². The van der Waals surface area contributed by atoms with Crippen LogP contribution in [0.25, 0.3) is 5.69 Å². The van der Waals surface area contributed by atoms with Crippen molar-refractivity contribution in [1.82, 2.24) is 19.7 Å². The summed E-state index contributed by atoms with van der Waals surface area (Å²) in [6, 6.07) is 14.4. The predicted molar refractivity (Wildman–Crippen MR) is 112 cm³/mol. The minimum Gasteiger partial charge on any atom is -0.354 e. The molecule has 2 aliphatic rings. The standard InChI is InChI=1S/C22H24ClN5/c23-17-9-10-22(24-15-17)27-13-11-26(12-14-27)16-20-19-7-4-8-21(19)28(25-20)18-5-2-1-3-6-18/h1-3,5-6,9-10,15H,4,7-8,11-14,16H2. The van der Waals surface area contributed by atoms with Crippen LogP contribution in [0.1, 0.15) is 23.4 Å². The zero-order chi connectivity index (χ0) is 18.9. The van der Waals surface area contributed by atoms with Crippen molar-refractivity contribution in [2.75, 3.05) is 31.1 Å². The van der Waals surface area contributed by atoms with Gasteiger partial charge in [-0.15, -0.1) is 0 Å². The minimum absolute atomic E-state index is 0.685. The first kappa shape index (κ1) is 17.7. The molecule has 5 rings (SSSR count). The van der Waals surface area contributed by atoms with Gasteiger partial charge >= 0.3 is 0 Å². The lowest BCUT2D eigenvalue weighted by atomic mass is 10.2. The summed E-state index contributed by atoms with van der Waals surface area (Å²) in [6.45, 7) is 4.95. The summed E-state index contributed by atoms with van der Waals surface area (Å²) in [7, 11) is 0. The van der Waals surface area contributed by atoms with Gasteiger partial charge in [-0.05, 0) is 49.1 Å². The van der Waals surface area contributed by atoms with Crippen molar-refractivity contribution in [3.05, 3.63) is 70.6 Å². The monoisotopic (exact) mass is 393 g/mol. The molecule has 1 aliphatic carbocycles. The van der Waals surface area contributed by atoms with Crippen molar-refractivity contribution in [2.45, 2.75) is 25.8 Å². The molecule has 1 aromatic carbocycles.